The van der Waals surface area contributed by atoms with E-state index in [0.717, 1.165) is 0 Å². The van der Waals surface area contributed by atoms with Crippen molar-refractivity contribution in [2.24, 2.45) is 0 Å². The minimum atomic E-state index is -1.08. The molecule has 0 aromatic heterocycles. The van der Waals surface area contributed by atoms with Gasteiger partial charge in [0.1, 0.15) is 0 Å². The SMILES string of the molecule is CCOC=CC(=O)C(Cl)Cl.O=C(Cl)C(Cl)Cl.O=C(Cl)C(Cl)Cl. The van der Waals surface area contributed by atoms with Crippen LogP contribution in [0.4, 0.5) is 0 Å². The zero-order chi connectivity index (χ0) is 18.3. The highest BCUT2D eigenvalue weighted by molar-refractivity contribution is 6.76. The predicted molar refractivity (Wildman–Crippen MR) is 94.0 cm³/mol. The fourth-order valence-corrected chi connectivity index (χ4v) is 0.430. The highest BCUT2D eigenvalue weighted by atomic mass is 35.5. The van der Waals surface area contributed by atoms with E-state index in [4.69, 9.17) is 97.5 Å². The molecule has 0 spiro atoms. The van der Waals surface area contributed by atoms with Crippen LogP contribution in [0.2, 0.25) is 0 Å². The molecule has 0 aliphatic heterocycles. The van der Waals surface area contributed by atoms with E-state index in [2.05, 4.69) is 0 Å². The van der Waals surface area contributed by atoms with Crippen LogP contribution < -0.4 is 0 Å². The lowest BCUT2D eigenvalue weighted by Gasteiger charge is -1.93. The number of allylic oxidation sites excluding steroid dienone is 1. The van der Waals surface area contributed by atoms with Crippen LogP contribution in [0.15, 0.2) is 12.3 Å². The quantitative estimate of drug-likeness (QED) is 0.233. The second-order valence-corrected chi connectivity index (χ2v) is 6.70. The van der Waals surface area contributed by atoms with Gasteiger partial charge in [0.2, 0.25) is 0 Å². The van der Waals surface area contributed by atoms with Crippen molar-refractivity contribution in [3.8, 4) is 0 Å². The summed E-state index contributed by atoms with van der Waals surface area (Å²) in [6, 6.07) is 0. The van der Waals surface area contributed by atoms with E-state index in [1.165, 1.54) is 12.3 Å². The Morgan fingerprint density at radius 3 is 1.36 bits per heavy atom. The van der Waals surface area contributed by atoms with E-state index in [1.54, 1.807) is 0 Å². The minimum Gasteiger partial charge on any atom is -0.501 e. The van der Waals surface area contributed by atoms with Crippen molar-refractivity contribution in [2.45, 2.75) is 21.4 Å². The summed E-state index contributed by atoms with van der Waals surface area (Å²) in [4.78, 5) is 26.7. The molecule has 0 heterocycles. The van der Waals surface area contributed by atoms with Crippen molar-refractivity contribution in [1.82, 2.24) is 0 Å². The van der Waals surface area contributed by atoms with Crippen LogP contribution in [0, 0.1) is 0 Å². The fraction of sp³-hybridized carbons (Fsp3) is 0.500. The molecule has 4 nitrogen and oxygen atoms in total. The largest absolute Gasteiger partial charge is 0.501 e. The zero-order valence-corrected chi connectivity index (χ0v) is 16.8. The third-order valence-electron chi connectivity index (χ3n) is 1.05. The van der Waals surface area contributed by atoms with Crippen LogP contribution >= 0.6 is 92.8 Å². The van der Waals surface area contributed by atoms with Crippen molar-refractivity contribution in [3.05, 3.63) is 12.3 Å². The van der Waals surface area contributed by atoms with Gasteiger partial charge in [0.05, 0.1) is 12.9 Å². The number of halogens is 8. The Balaban J connectivity index is -0.000000261. The van der Waals surface area contributed by atoms with E-state index in [0.29, 0.717) is 6.61 Å². The van der Waals surface area contributed by atoms with E-state index >= 15 is 0 Å². The van der Waals surface area contributed by atoms with Gasteiger partial charge in [-0.3, -0.25) is 14.4 Å². The normalized spacial score (nSPS) is 10.0. The molecule has 0 aromatic carbocycles. The molecule has 130 valence electrons. The van der Waals surface area contributed by atoms with Crippen LogP contribution in [-0.4, -0.2) is 37.4 Å². The molecule has 22 heavy (non-hydrogen) atoms. The number of hydrogen-bond donors (Lipinski definition) is 0. The number of ketones is 1. The summed E-state index contributed by atoms with van der Waals surface area (Å²) in [6.45, 7) is 2.34. The van der Waals surface area contributed by atoms with Gasteiger partial charge in [0.15, 0.2) is 20.3 Å². The molecular formula is C10H10Cl8O4. The monoisotopic (exact) mass is 474 g/mol. The smallest absolute Gasteiger partial charge is 0.254 e. The van der Waals surface area contributed by atoms with Gasteiger partial charge in [-0.25, -0.2) is 0 Å². The molecule has 0 fully saturated rings. The van der Waals surface area contributed by atoms with Crippen LogP contribution in [-0.2, 0) is 19.1 Å². The second kappa shape index (κ2) is 18.2. The Morgan fingerprint density at radius 1 is 0.864 bits per heavy atom. The summed E-state index contributed by atoms with van der Waals surface area (Å²) < 4.78 is 4.74. The number of carbonyl (C=O) groups excluding carboxylic acids is 3. The Kier molecular flexibility index (Phi) is 22.9. The first-order valence-corrected chi connectivity index (χ1v) is 8.39. The van der Waals surface area contributed by atoms with Gasteiger partial charge in [-0.1, -0.05) is 69.6 Å². The summed E-state index contributed by atoms with van der Waals surface area (Å²) >= 11 is 39.4. The van der Waals surface area contributed by atoms with Gasteiger partial charge in [0, 0.05) is 6.08 Å². The van der Waals surface area contributed by atoms with E-state index < -0.39 is 25.0 Å². The fourth-order valence-electron chi connectivity index (χ4n) is 0.284. The van der Waals surface area contributed by atoms with Gasteiger partial charge < -0.3 is 4.74 Å². The van der Waals surface area contributed by atoms with Crippen molar-refractivity contribution in [2.75, 3.05) is 6.61 Å². The standard InChI is InChI=1S/C6H8Cl2O2.2C2HCl3O/c1-2-10-4-3-5(9)6(7)8;2*3-1(4)2(5)6/h3-4,6H,2H2,1H3;2*1H. The lowest BCUT2D eigenvalue weighted by atomic mass is 10.4. The van der Waals surface area contributed by atoms with Crippen molar-refractivity contribution in [3.63, 3.8) is 0 Å². The number of rotatable bonds is 6. The maximum absolute atomic E-state index is 10.6. The third-order valence-corrected chi connectivity index (χ3v) is 3.16. The third kappa shape index (κ3) is 25.8. The molecule has 0 atom stereocenters. The van der Waals surface area contributed by atoms with Crippen LogP contribution in [0.1, 0.15) is 6.92 Å². The highest BCUT2D eigenvalue weighted by Gasteiger charge is 2.06. The molecule has 0 amide bonds. The topological polar surface area (TPSA) is 60.4 Å². The molecule has 0 N–H and O–H groups in total. The first kappa shape index (κ1) is 27.7. The molecule has 12 heteroatoms. The summed E-state index contributed by atoms with van der Waals surface area (Å²) in [5, 5.41) is -1.48. The van der Waals surface area contributed by atoms with Crippen molar-refractivity contribution >= 4 is 109 Å². The molecule has 0 aromatic rings. The Labute approximate surface area is 167 Å². The summed E-state index contributed by atoms with van der Waals surface area (Å²) in [7, 11) is 0. The van der Waals surface area contributed by atoms with E-state index in [-0.39, 0.29) is 5.78 Å². The van der Waals surface area contributed by atoms with Crippen molar-refractivity contribution in [1.29, 1.82) is 0 Å². The van der Waals surface area contributed by atoms with Gasteiger partial charge >= 0.3 is 0 Å². The van der Waals surface area contributed by atoms with Crippen LogP contribution in [0.25, 0.3) is 0 Å². The molecule has 0 radical (unpaired) electrons. The number of alkyl halides is 6. The zero-order valence-electron chi connectivity index (χ0n) is 10.8. The molecular weight excluding hydrogens is 468 g/mol. The molecule has 0 saturated carbocycles. The van der Waals surface area contributed by atoms with Gasteiger partial charge in [0.25, 0.3) is 10.5 Å². The molecule has 0 unspecified atom stereocenters. The first-order valence-electron chi connectivity index (χ1n) is 5.02. The van der Waals surface area contributed by atoms with E-state index in [9.17, 15) is 14.4 Å². The van der Waals surface area contributed by atoms with Gasteiger partial charge in [-0.05, 0) is 30.1 Å². The van der Waals surface area contributed by atoms with Gasteiger partial charge in [-0.15, -0.1) is 0 Å². The van der Waals surface area contributed by atoms with Crippen LogP contribution in [0.3, 0.4) is 0 Å². The maximum Gasteiger partial charge on any atom is 0.254 e. The second-order valence-electron chi connectivity index (χ2n) is 2.67. The molecule has 0 aliphatic rings. The Morgan fingerprint density at radius 2 is 1.18 bits per heavy atom. The number of carbonyl (C=O) groups is 3. The Bertz CT molecular complexity index is 339. The first-order chi connectivity index (χ1) is 9.97. The number of ether oxygens (including phenoxy) is 1. The summed E-state index contributed by atoms with van der Waals surface area (Å²) in [5.74, 6) is -0.364. The van der Waals surface area contributed by atoms with E-state index in [1.807, 2.05) is 6.92 Å². The lowest BCUT2D eigenvalue weighted by Crippen LogP contribution is -2.02. The summed E-state index contributed by atoms with van der Waals surface area (Å²) in [6.07, 6.45) is 2.48. The highest BCUT2D eigenvalue weighted by Crippen LogP contribution is 2.04. The Hall–Kier alpha value is 0.870. The molecule has 0 aliphatic carbocycles. The predicted octanol–water partition coefficient (Wildman–Crippen LogP) is 5.02. The van der Waals surface area contributed by atoms with Gasteiger partial charge in [-0.2, -0.15) is 0 Å². The molecule has 0 saturated heterocycles. The average molecular weight is 478 g/mol. The molecule has 0 rings (SSSR count). The average Bonchev–Trinajstić information content (AvgIpc) is 2.39. The maximum atomic E-state index is 10.6. The number of hydrogen-bond acceptors (Lipinski definition) is 4. The molecule has 0 bridgehead atoms. The van der Waals surface area contributed by atoms with Crippen molar-refractivity contribution < 1.29 is 19.1 Å². The summed E-state index contributed by atoms with van der Waals surface area (Å²) in [5.41, 5.74) is 0. The lowest BCUT2D eigenvalue weighted by molar-refractivity contribution is -0.113. The van der Waals surface area contributed by atoms with Crippen LogP contribution in [0.5, 0.6) is 0 Å². The minimum absolute atomic E-state index is 0.364.